The SMILES string of the molecule is CN1CC[C@H](c2cccc(C(F)(F)F)c2)[C@@H](C(=O)Nc2cccc(F)c2F)C1=O. The highest BCUT2D eigenvalue weighted by atomic mass is 19.4. The fourth-order valence-electron chi connectivity index (χ4n) is 3.43. The zero-order valence-electron chi connectivity index (χ0n) is 15.3. The Morgan fingerprint density at radius 1 is 1.14 bits per heavy atom. The first-order valence-corrected chi connectivity index (χ1v) is 8.76. The molecule has 0 unspecified atom stereocenters. The Morgan fingerprint density at radius 3 is 2.52 bits per heavy atom. The number of amides is 2. The number of likely N-dealkylation sites (tertiary alicyclic amines) is 1. The molecule has 0 spiro atoms. The van der Waals surface area contributed by atoms with Crippen LogP contribution in [0, 0.1) is 17.6 Å². The molecule has 2 atom stereocenters. The van der Waals surface area contributed by atoms with Crippen molar-refractivity contribution in [1.29, 1.82) is 0 Å². The van der Waals surface area contributed by atoms with Crippen LogP contribution < -0.4 is 5.32 Å². The van der Waals surface area contributed by atoms with Crippen molar-refractivity contribution in [1.82, 2.24) is 4.90 Å². The smallest absolute Gasteiger partial charge is 0.345 e. The van der Waals surface area contributed by atoms with Crippen molar-refractivity contribution in [3.8, 4) is 0 Å². The molecule has 3 rings (SSSR count). The lowest BCUT2D eigenvalue weighted by Crippen LogP contribution is -2.47. The maximum atomic E-state index is 13.9. The minimum Gasteiger partial charge on any atom is -0.345 e. The number of halogens is 5. The van der Waals surface area contributed by atoms with Crippen molar-refractivity contribution in [3.63, 3.8) is 0 Å². The van der Waals surface area contributed by atoms with Crippen molar-refractivity contribution in [2.45, 2.75) is 18.5 Å². The molecule has 9 heteroatoms. The summed E-state index contributed by atoms with van der Waals surface area (Å²) in [5.41, 5.74) is -1.16. The zero-order valence-corrected chi connectivity index (χ0v) is 15.3. The van der Waals surface area contributed by atoms with Gasteiger partial charge in [-0.3, -0.25) is 9.59 Å². The van der Waals surface area contributed by atoms with E-state index in [1.54, 1.807) is 0 Å². The van der Waals surface area contributed by atoms with Crippen LogP contribution in [0.3, 0.4) is 0 Å². The maximum absolute atomic E-state index is 13.9. The minimum atomic E-state index is -4.58. The quantitative estimate of drug-likeness (QED) is 0.607. The summed E-state index contributed by atoms with van der Waals surface area (Å²) < 4.78 is 66.5. The molecular formula is C20H17F5N2O2. The lowest BCUT2D eigenvalue weighted by molar-refractivity contribution is -0.143. The molecule has 1 heterocycles. The minimum absolute atomic E-state index is 0.182. The highest BCUT2D eigenvalue weighted by molar-refractivity contribution is 6.07. The summed E-state index contributed by atoms with van der Waals surface area (Å²) in [7, 11) is 1.47. The number of hydrogen-bond donors (Lipinski definition) is 1. The first-order valence-electron chi connectivity index (χ1n) is 8.76. The molecule has 1 aliphatic heterocycles. The number of carbonyl (C=O) groups is 2. The van der Waals surface area contributed by atoms with E-state index in [1.165, 1.54) is 30.1 Å². The lowest BCUT2D eigenvalue weighted by Gasteiger charge is -2.35. The highest BCUT2D eigenvalue weighted by Crippen LogP contribution is 2.37. The largest absolute Gasteiger partial charge is 0.416 e. The van der Waals surface area contributed by atoms with Crippen molar-refractivity contribution < 1.29 is 31.5 Å². The normalized spacial score (nSPS) is 19.9. The number of nitrogens with one attached hydrogen (secondary N) is 1. The van der Waals surface area contributed by atoms with Crippen LogP contribution in [0.4, 0.5) is 27.6 Å². The first-order chi connectivity index (χ1) is 13.6. The van der Waals surface area contributed by atoms with Gasteiger partial charge in [0.2, 0.25) is 11.8 Å². The average Bonchev–Trinajstić information content (AvgIpc) is 2.66. The predicted octanol–water partition coefficient (Wildman–Crippen LogP) is 4.18. The molecule has 1 aliphatic rings. The summed E-state index contributed by atoms with van der Waals surface area (Å²) in [5.74, 6) is -6.18. The molecule has 29 heavy (non-hydrogen) atoms. The summed E-state index contributed by atoms with van der Waals surface area (Å²) in [6.45, 7) is 0.248. The number of rotatable bonds is 3. The molecule has 1 saturated heterocycles. The standard InChI is InChI=1S/C20H17F5N2O2/c1-27-9-8-13(11-4-2-5-12(10-11)20(23,24)25)16(19(27)29)18(28)26-15-7-3-6-14(21)17(15)22/h2-7,10,13,16H,8-9H2,1H3,(H,26,28)/t13-,16+/m1/s1. The van der Waals surface area contributed by atoms with Gasteiger partial charge in [-0.1, -0.05) is 24.3 Å². The van der Waals surface area contributed by atoms with Gasteiger partial charge in [0.05, 0.1) is 11.3 Å². The molecule has 0 saturated carbocycles. The Balaban J connectivity index is 1.95. The van der Waals surface area contributed by atoms with Crippen LogP contribution in [-0.4, -0.2) is 30.3 Å². The molecule has 2 aromatic carbocycles. The summed E-state index contributed by atoms with van der Waals surface area (Å²) in [4.78, 5) is 26.7. The van der Waals surface area contributed by atoms with E-state index in [4.69, 9.17) is 0 Å². The Labute approximate surface area is 163 Å². The second-order valence-corrected chi connectivity index (χ2v) is 6.85. The monoisotopic (exact) mass is 412 g/mol. The topological polar surface area (TPSA) is 49.4 Å². The first kappa shape index (κ1) is 20.8. The molecule has 2 amide bonds. The molecule has 1 fully saturated rings. The van der Waals surface area contributed by atoms with Gasteiger partial charge in [0.15, 0.2) is 11.6 Å². The fourth-order valence-corrected chi connectivity index (χ4v) is 3.43. The van der Waals surface area contributed by atoms with Gasteiger partial charge in [-0.2, -0.15) is 13.2 Å². The van der Waals surface area contributed by atoms with Gasteiger partial charge in [-0.15, -0.1) is 0 Å². The van der Waals surface area contributed by atoms with E-state index in [1.807, 2.05) is 0 Å². The van der Waals surface area contributed by atoms with E-state index in [0.717, 1.165) is 24.3 Å². The zero-order chi connectivity index (χ0) is 21.3. The Bertz CT molecular complexity index is 945. The molecule has 2 aromatic rings. The van der Waals surface area contributed by atoms with Gasteiger partial charge in [-0.05, 0) is 30.2 Å². The molecule has 0 radical (unpaired) electrons. The Morgan fingerprint density at radius 2 is 1.83 bits per heavy atom. The molecule has 154 valence electrons. The van der Waals surface area contributed by atoms with Gasteiger partial charge in [-0.25, -0.2) is 8.78 Å². The van der Waals surface area contributed by atoms with Crippen LogP contribution in [0.2, 0.25) is 0 Å². The Hall–Kier alpha value is -2.97. The van der Waals surface area contributed by atoms with Crippen LogP contribution in [0.5, 0.6) is 0 Å². The van der Waals surface area contributed by atoms with E-state index in [2.05, 4.69) is 5.32 Å². The van der Waals surface area contributed by atoms with Crippen molar-refractivity contribution in [2.24, 2.45) is 5.92 Å². The number of carbonyl (C=O) groups excluding carboxylic acids is 2. The molecular weight excluding hydrogens is 395 g/mol. The van der Waals surface area contributed by atoms with Gasteiger partial charge in [0.1, 0.15) is 5.92 Å². The van der Waals surface area contributed by atoms with Gasteiger partial charge in [0, 0.05) is 19.5 Å². The van der Waals surface area contributed by atoms with Crippen molar-refractivity contribution in [2.75, 3.05) is 18.9 Å². The summed E-state index contributed by atoms with van der Waals surface area (Å²) in [6.07, 6.45) is -4.33. The summed E-state index contributed by atoms with van der Waals surface area (Å²) >= 11 is 0. The molecule has 4 nitrogen and oxygen atoms in total. The number of hydrogen-bond acceptors (Lipinski definition) is 2. The van der Waals surface area contributed by atoms with E-state index >= 15 is 0 Å². The molecule has 0 aromatic heterocycles. The number of benzene rings is 2. The summed E-state index contributed by atoms with van der Waals surface area (Å²) in [5, 5.41) is 2.19. The maximum Gasteiger partial charge on any atom is 0.416 e. The average molecular weight is 412 g/mol. The molecule has 0 aliphatic carbocycles. The van der Waals surface area contributed by atoms with E-state index < -0.39 is 52.7 Å². The molecule has 0 bridgehead atoms. The molecule has 1 N–H and O–H groups in total. The third-order valence-electron chi connectivity index (χ3n) is 4.95. The van der Waals surface area contributed by atoms with Gasteiger partial charge < -0.3 is 10.2 Å². The number of nitrogens with zero attached hydrogens (tertiary/aromatic N) is 1. The Kier molecular flexibility index (Phi) is 5.59. The lowest BCUT2D eigenvalue weighted by atomic mass is 9.79. The van der Waals surface area contributed by atoms with Crippen LogP contribution in [0.25, 0.3) is 0 Å². The highest BCUT2D eigenvalue weighted by Gasteiger charge is 2.42. The van der Waals surface area contributed by atoms with Crippen molar-refractivity contribution in [3.05, 3.63) is 65.2 Å². The van der Waals surface area contributed by atoms with Crippen LogP contribution in [-0.2, 0) is 15.8 Å². The van der Waals surface area contributed by atoms with Crippen LogP contribution in [0.15, 0.2) is 42.5 Å². The van der Waals surface area contributed by atoms with Crippen molar-refractivity contribution >= 4 is 17.5 Å². The number of anilines is 1. The van der Waals surface area contributed by atoms with E-state index in [-0.39, 0.29) is 18.5 Å². The third kappa shape index (κ3) is 4.23. The van der Waals surface area contributed by atoms with E-state index in [9.17, 15) is 31.5 Å². The number of piperidine rings is 1. The second-order valence-electron chi connectivity index (χ2n) is 6.85. The predicted molar refractivity (Wildman–Crippen MR) is 94.9 cm³/mol. The van der Waals surface area contributed by atoms with E-state index in [0.29, 0.717) is 0 Å². The second kappa shape index (κ2) is 7.81. The third-order valence-corrected chi connectivity index (χ3v) is 4.95. The summed E-state index contributed by atoms with van der Waals surface area (Å²) in [6, 6.07) is 7.63. The van der Waals surface area contributed by atoms with Crippen LogP contribution in [0.1, 0.15) is 23.5 Å². The van der Waals surface area contributed by atoms with Crippen LogP contribution >= 0.6 is 0 Å². The van der Waals surface area contributed by atoms with Gasteiger partial charge in [0.25, 0.3) is 0 Å². The fraction of sp³-hybridized carbons (Fsp3) is 0.300. The number of alkyl halides is 3. The van der Waals surface area contributed by atoms with Gasteiger partial charge >= 0.3 is 6.18 Å².